The molecule has 0 amide bonds. The van der Waals surface area contributed by atoms with Crippen molar-refractivity contribution in [3.8, 4) is 5.75 Å². The van der Waals surface area contributed by atoms with E-state index in [1.54, 1.807) is 12.1 Å². The Bertz CT molecular complexity index is 1010. The molecule has 0 aliphatic rings. The van der Waals surface area contributed by atoms with Crippen LogP contribution in [0.15, 0.2) is 59.5 Å². The van der Waals surface area contributed by atoms with Crippen molar-refractivity contribution >= 4 is 26.6 Å². The van der Waals surface area contributed by atoms with Gasteiger partial charge in [0.2, 0.25) is 0 Å². The van der Waals surface area contributed by atoms with E-state index in [9.17, 15) is 18.1 Å². The van der Waals surface area contributed by atoms with Gasteiger partial charge in [-0.1, -0.05) is 24.3 Å². The molecule has 3 aromatic carbocycles. The zero-order valence-corrected chi connectivity index (χ0v) is 13.8. The van der Waals surface area contributed by atoms with Gasteiger partial charge in [-0.25, -0.2) is 0 Å². The topological polar surface area (TPSA) is 86.6 Å². The highest BCUT2D eigenvalue weighted by Gasteiger charge is 2.13. The van der Waals surface area contributed by atoms with Crippen molar-refractivity contribution in [2.45, 2.75) is 18.4 Å². The molecule has 6 heteroatoms. The van der Waals surface area contributed by atoms with Gasteiger partial charge in [0, 0.05) is 23.7 Å². The fourth-order valence-electron chi connectivity index (χ4n) is 2.59. The van der Waals surface area contributed by atoms with E-state index in [2.05, 4.69) is 5.32 Å². The largest absolute Gasteiger partial charge is 0.507 e. The predicted octanol–water partition coefficient (Wildman–Crippen LogP) is 3.71. The second kappa shape index (κ2) is 6.14. The van der Waals surface area contributed by atoms with Crippen LogP contribution in [0.5, 0.6) is 5.75 Å². The Morgan fingerprint density at radius 1 is 1.04 bits per heavy atom. The number of hydrogen-bond acceptors (Lipinski definition) is 4. The summed E-state index contributed by atoms with van der Waals surface area (Å²) in [6.45, 7) is 2.66. The molecule has 0 heterocycles. The maximum atomic E-state index is 11.3. The lowest BCUT2D eigenvalue weighted by Gasteiger charge is -2.11. The highest BCUT2D eigenvalue weighted by Crippen LogP contribution is 2.30. The van der Waals surface area contributed by atoms with E-state index in [0.29, 0.717) is 17.3 Å². The highest BCUT2D eigenvalue weighted by atomic mass is 32.2. The number of phenols is 1. The molecule has 0 fully saturated rings. The Balaban J connectivity index is 1.94. The summed E-state index contributed by atoms with van der Waals surface area (Å²) < 4.78 is 31.8. The molecular formula is C18H17NO4S. The average molecular weight is 343 g/mol. The lowest BCUT2D eigenvalue weighted by Crippen LogP contribution is -2.01. The number of rotatable bonds is 4. The number of aromatic hydroxyl groups is 1. The normalized spacial score (nSPS) is 11.6. The van der Waals surface area contributed by atoms with Crippen LogP contribution < -0.4 is 5.32 Å². The Morgan fingerprint density at radius 3 is 2.50 bits per heavy atom. The van der Waals surface area contributed by atoms with Gasteiger partial charge in [0.15, 0.2) is 0 Å². The molecule has 3 aromatic rings. The predicted molar refractivity (Wildman–Crippen MR) is 93.9 cm³/mol. The lowest BCUT2D eigenvalue weighted by molar-refractivity contribution is 0.471. The smallest absolute Gasteiger partial charge is 0.294 e. The van der Waals surface area contributed by atoms with Crippen molar-refractivity contribution in [1.82, 2.24) is 0 Å². The van der Waals surface area contributed by atoms with E-state index in [1.165, 1.54) is 11.6 Å². The standard InChI is InChI=1S/C18H17NO4S/c1-12-4-2-3-5-13(12)11-19-15-6-7-17-14(8-15)9-16(10-18(17)20)24(21,22)23/h2-10,19-20H,11H2,1H3,(H,21,22,23). The zero-order valence-electron chi connectivity index (χ0n) is 13.0. The summed E-state index contributed by atoms with van der Waals surface area (Å²) in [5.41, 5.74) is 3.13. The minimum atomic E-state index is -4.37. The SMILES string of the molecule is Cc1ccccc1CNc1ccc2c(O)cc(S(=O)(=O)O)cc2c1. The molecule has 3 N–H and O–H groups in total. The molecule has 124 valence electrons. The summed E-state index contributed by atoms with van der Waals surface area (Å²) in [5.74, 6) is -0.189. The summed E-state index contributed by atoms with van der Waals surface area (Å²) in [5, 5.41) is 14.3. The van der Waals surface area contributed by atoms with Crippen molar-refractivity contribution in [3.63, 3.8) is 0 Å². The third-order valence-corrected chi connectivity index (χ3v) is 4.78. The van der Waals surface area contributed by atoms with Gasteiger partial charge in [-0.15, -0.1) is 0 Å². The van der Waals surface area contributed by atoms with E-state index >= 15 is 0 Å². The van der Waals surface area contributed by atoms with Crippen LogP contribution in [-0.2, 0) is 16.7 Å². The second-order valence-electron chi connectivity index (χ2n) is 5.63. The summed E-state index contributed by atoms with van der Waals surface area (Å²) in [6.07, 6.45) is 0. The second-order valence-corrected chi connectivity index (χ2v) is 7.05. The van der Waals surface area contributed by atoms with E-state index in [1.807, 2.05) is 37.3 Å². The first kappa shape index (κ1) is 16.3. The summed E-state index contributed by atoms with van der Waals surface area (Å²) in [7, 11) is -4.37. The number of benzene rings is 3. The Morgan fingerprint density at radius 2 is 1.79 bits per heavy atom. The molecule has 3 rings (SSSR count). The van der Waals surface area contributed by atoms with Crippen LogP contribution in [0.2, 0.25) is 0 Å². The van der Waals surface area contributed by atoms with Crippen LogP contribution in [0.4, 0.5) is 5.69 Å². The zero-order chi connectivity index (χ0) is 17.3. The van der Waals surface area contributed by atoms with Crippen LogP contribution in [-0.4, -0.2) is 18.1 Å². The van der Waals surface area contributed by atoms with Gasteiger partial charge in [0.1, 0.15) is 5.75 Å². The van der Waals surface area contributed by atoms with Gasteiger partial charge in [0.05, 0.1) is 4.90 Å². The molecule has 0 aliphatic carbocycles. The number of phenolic OH excluding ortho intramolecular Hbond substituents is 1. The fraction of sp³-hybridized carbons (Fsp3) is 0.111. The average Bonchev–Trinajstić information content (AvgIpc) is 2.53. The summed E-state index contributed by atoms with van der Waals surface area (Å²) in [6, 6.07) is 15.7. The molecule has 24 heavy (non-hydrogen) atoms. The van der Waals surface area contributed by atoms with Gasteiger partial charge in [-0.2, -0.15) is 8.42 Å². The van der Waals surface area contributed by atoms with Gasteiger partial charge in [-0.05, 0) is 47.7 Å². The molecule has 0 aromatic heterocycles. The summed E-state index contributed by atoms with van der Waals surface area (Å²) >= 11 is 0. The Kier molecular flexibility index (Phi) is 4.17. The first-order valence-corrected chi connectivity index (χ1v) is 8.81. The van der Waals surface area contributed by atoms with E-state index < -0.39 is 10.1 Å². The molecule has 0 spiro atoms. The van der Waals surface area contributed by atoms with Gasteiger partial charge in [-0.3, -0.25) is 4.55 Å². The van der Waals surface area contributed by atoms with E-state index in [4.69, 9.17) is 0 Å². The maximum Gasteiger partial charge on any atom is 0.294 e. The molecule has 0 unspecified atom stereocenters. The molecule has 0 saturated heterocycles. The monoisotopic (exact) mass is 343 g/mol. The number of aryl methyl sites for hydroxylation is 1. The van der Waals surface area contributed by atoms with Crippen molar-refractivity contribution in [2.24, 2.45) is 0 Å². The van der Waals surface area contributed by atoms with Crippen molar-refractivity contribution in [2.75, 3.05) is 5.32 Å². The van der Waals surface area contributed by atoms with Gasteiger partial charge >= 0.3 is 0 Å². The number of fused-ring (bicyclic) bond motifs is 1. The third kappa shape index (κ3) is 3.34. The molecule has 0 aliphatic heterocycles. The third-order valence-electron chi connectivity index (χ3n) is 3.95. The first-order valence-electron chi connectivity index (χ1n) is 7.37. The van der Waals surface area contributed by atoms with Crippen molar-refractivity contribution < 1.29 is 18.1 Å². The van der Waals surface area contributed by atoms with Crippen molar-refractivity contribution in [1.29, 1.82) is 0 Å². The molecule has 5 nitrogen and oxygen atoms in total. The quantitative estimate of drug-likeness (QED) is 0.629. The number of anilines is 1. The molecule has 0 atom stereocenters. The summed E-state index contributed by atoms with van der Waals surface area (Å²) in [4.78, 5) is -0.330. The van der Waals surface area contributed by atoms with E-state index in [0.717, 1.165) is 17.3 Å². The maximum absolute atomic E-state index is 11.3. The van der Waals surface area contributed by atoms with Gasteiger partial charge in [0.25, 0.3) is 10.1 Å². The van der Waals surface area contributed by atoms with Crippen LogP contribution in [0.3, 0.4) is 0 Å². The lowest BCUT2D eigenvalue weighted by atomic mass is 10.1. The molecular weight excluding hydrogens is 326 g/mol. The van der Waals surface area contributed by atoms with Crippen LogP contribution >= 0.6 is 0 Å². The number of nitrogens with one attached hydrogen (secondary N) is 1. The fourth-order valence-corrected chi connectivity index (χ4v) is 3.12. The van der Waals surface area contributed by atoms with Gasteiger partial charge < -0.3 is 10.4 Å². The molecule has 0 bridgehead atoms. The first-order chi connectivity index (χ1) is 11.3. The Labute approximate surface area is 140 Å². The molecule has 0 radical (unpaired) electrons. The van der Waals surface area contributed by atoms with Crippen LogP contribution in [0.1, 0.15) is 11.1 Å². The van der Waals surface area contributed by atoms with Crippen LogP contribution in [0, 0.1) is 6.92 Å². The highest BCUT2D eigenvalue weighted by molar-refractivity contribution is 7.85. The Hall–Kier alpha value is -2.57. The minimum absolute atomic E-state index is 0.189. The van der Waals surface area contributed by atoms with Crippen LogP contribution in [0.25, 0.3) is 10.8 Å². The number of hydrogen-bond donors (Lipinski definition) is 3. The minimum Gasteiger partial charge on any atom is -0.507 e. The van der Waals surface area contributed by atoms with E-state index in [-0.39, 0.29) is 10.6 Å². The molecule has 0 saturated carbocycles. The van der Waals surface area contributed by atoms with Crippen molar-refractivity contribution in [3.05, 3.63) is 65.7 Å².